The van der Waals surface area contributed by atoms with Crippen molar-refractivity contribution in [2.75, 3.05) is 0 Å². The van der Waals surface area contributed by atoms with Gasteiger partial charge >= 0.3 is 17.9 Å². The second kappa shape index (κ2) is 9.04. The minimum atomic E-state index is -0.923. The van der Waals surface area contributed by atoms with Gasteiger partial charge < -0.3 is 14.2 Å². The number of carbonyl (C=O) groups excluding carboxylic acids is 3. The first-order valence-corrected chi connectivity index (χ1v) is 9.40. The Kier molecular flexibility index (Phi) is 7.00. The highest BCUT2D eigenvalue weighted by Gasteiger charge is 2.48. The van der Waals surface area contributed by atoms with E-state index in [0.717, 1.165) is 24.0 Å². The maximum atomic E-state index is 12.5. The number of esters is 3. The first-order valence-electron chi connectivity index (χ1n) is 9.40. The van der Waals surface area contributed by atoms with E-state index >= 15 is 0 Å². The van der Waals surface area contributed by atoms with E-state index in [-0.39, 0.29) is 5.57 Å². The van der Waals surface area contributed by atoms with E-state index in [4.69, 9.17) is 14.2 Å². The largest absolute Gasteiger partial charge is 0.457 e. The van der Waals surface area contributed by atoms with Crippen LogP contribution in [0.5, 0.6) is 0 Å². The van der Waals surface area contributed by atoms with Gasteiger partial charge in [0, 0.05) is 18.1 Å². The van der Waals surface area contributed by atoms with Crippen LogP contribution in [0.4, 0.5) is 0 Å². The molecule has 0 saturated carbocycles. The number of carbonyl (C=O) groups is 3. The third kappa shape index (κ3) is 4.80. The van der Waals surface area contributed by atoms with Crippen LogP contribution in [0, 0.1) is 5.92 Å². The van der Waals surface area contributed by atoms with Gasteiger partial charge in [-0.2, -0.15) is 0 Å². The third-order valence-electron chi connectivity index (χ3n) is 5.11. The van der Waals surface area contributed by atoms with E-state index in [0.29, 0.717) is 5.57 Å². The Bertz CT molecular complexity index is 770. The molecule has 28 heavy (non-hydrogen) atoms. The number of hydrogen-bond acceptors (Lipinski definition) is 6. The second-order valence-corrected chi connectivity index (χ2v) is 7.29. The normalized spacial score (nSPS) is 28.5. The Morgan fingerprint density at radius 1 is 1.25 bits per heavy atom. The molecule has 1 aliphatic heterocycles. The number of hydrogen-bond donors (Lipinski definition) is 0. The number of ether oxygens (including phenoxy) is 3. The summed E-state index contributed by atoms with van der Waals surface area (Å²) < 4.78 is 16.8. The van der Waals surface area contributed by atoms with Crippen LogP contribution in [0.1, 0.15) is 47.5 Å². The van der Waals surface area contributed by atoms with Gasteiger partial charge in [0.25, 0.3) is 0 Å². The van der Waals surface area contributed by atoms with E-state index in [2.05, 4.69) is 6.58 Å². The van der Waals surface area contributed by atoms with Gasteiger partial charge in [-0.1, -0.05) is 24.3 Å². The molecule has 1 saturated heterocycles. The van der Waals surface area contributed by atoms with Crippen molar-refractivity contribution >= 4 is 17.9 Å². The molecule has 6 nitrogen and oxygen atoms in total. The van der Waals surface area contributed by atoms with Gasteiger partial charge in [-0.05, 0) is 52.2 Å². The molecule has 0 aromatic heterocycles. The maximum Gasteiger partial charge on any atom is 0.334 e. The quantitative estimate of drug-likeness (QED) is 0.318. The van der Waals surface area contributed by atoms with Crippen LogP contribution >= 0.6 is 0 Å². The Hall–Kier alpha value is -2.63. The molecule has 152 valence electrons. The van der Waals surface area contributed by atoms with Crippen molar-refractivity contribution in [3.05, 3.63) is 47.1 Å². The molecular formula is C22H28O6. The third-order valence-corrected chi connectivity index (χ3v) is 5.11. The van der Waals surface area contributed by atoms with Crippen molar-refractivity contribution < 1.29 is 28.6 Å². The van der Waals surface area contributed by atoms with Crippen LogP contribution < -0.4 is 0 Å². The molecule has 0 aromatic rings. The van der Waals surface area contributed by atoms with E-state index in [9.17, 15) is 14.4 Å². The van der Waals surface area contributed by atoms with Gasteiger partial charge in [-0.15, -0.1) is 0 Å². The van der Waals surface area contributed by atoms with Crippen molar-refractivity contribution in [1.82, 2.24) is 0 Å². The summed E-state index contributed by atoms with van der Waals surface area (Å²) in [5, 5.41) is 0. The van der Waals surface area contributed by atoms with Gasteiger partial charge in [0.05, 0.1) is 5.92 Å². The number of fused-ring (bicyclic) bond motifs is 1. The fraction of sp³-hybridized carbons (Fsp3) is 0.500. The van der Waals surface area contributed by atoms with Crippen LogP contribution in [0.3, 0.4) is 0 Å². The van der Waals surface area contributed by atoms with E-state index in [1.54, 1.807) is 19.9 Å². The first kappa shape index (κ1) is 21.7. The van der Waals surface area contributed by atoms with Gasteiger partial charge in [0.1, 0.15) is 6.10 Å². The molecule has 1 heterocycles. The van der Waals surface area contributed by atoms with Crippen molar-refractivity contribution in [3.8, 4) is 0 Å². The summed E-state index contributed by atoms with van der Waals surface area (Å²) in [6, 6.07) is 0. The van der Waals surface area contributed by atoms with Crippen molar-refractivity contribution in [1.29, 1.82) is 0 Å². The molecule has 4 unspecified atom stereocenters. The fourth-order valence-corrected chi connectivity index (χ4v) is 3.40. The van der Waals surface area contributed by atoms with Crippen molar-refractivity contribution in [3.63, 3.8) is 0 Å². The molecule has 4 atom stereocenters. The van der Waals surface area contributed by atoms with Crippen LogP contribution in [-0.4, -0.2) is 36.2 Å². The van der Waals surface area contributed by atoms with Gasteiger partial charge in [0.2, 0.25) is 0 Å². The second-order valence-electron chi connectivity index (χ2n) is 7.29. The minimum Gasteiger partial charge on any atom is -0.457 e. The molecule has 2 rings (SSSR count). The zero-order chi connectivity index (χ0) is 21.0. The lowest BCUT2D eigenvalue weighted by molar-refractivity contribution is -0.165. The highest BCUT2D eigenvalue weighted by molar-refractivity contribution is 5.91. The molecule has 1 aliphatic carbocycles. The fourth-order valence-electron chi connectivity index (χ4n) is 3.40. The summed E-state index contributed by atoms with van der Waals surface area (Å²) >= 11 is 0. The lowest BCUT2D eigenvalue weighted by atomic mass is 9.83. The number of rotatable bonds is 3. The molecule has 0 spiro atoms. The monoisotopic (exact) mass is 388 g/mol. The SMILES string of the molecule is C=C1C(=O)OC2C=C(C)CCC=C(C)C(OC(=O)C(C)=CC)C(OC(C)=O)C12. The van der Waals surface area contributed by atoms with Gasteiger partial charge in [-0.25, -0.2) is 9.59 Å². The molecule has 1 fully saturated rings. The van der Waals surface area contributed by atoms with E-state index < -0.39 is 42.1 Å². The molecule has 0 radical (unpaired) electrons. The standard InChI is InChI=1S/C22H28O6/c1-7-13(3)21(24)28-19-14(4)10-8-9-12(2)11-17-18(15(5)22(25)27-17)20(19)26-16(6)23/h7,10-11,17-20H,5,8-9H2,1-4,6H3. The molecule has 6 heteroatoms. The summed E-state index contributed by atoms with van der Waals surface area (Å²) in [6.45, 7) is 12.3. The Morgan fingerprint density at radius 2 is 1.93 bits per heavy atom. The summed E-state index contributed by atoms with van der Waals surface area (Å²) in [7, 11) is 0. The zero-order valence-corrected chi connectivity index (χ0v) is 17.1. The smallest absolute Gasteiger partial charge is 0.334 e. The van der Waals surface area contributed by atoms with E-state index in [1.807, 2.05) is 26.0 Å². The molecule has 2 aliphatic rings. The van der Waals surface area contributed by atoms with Crippen LogP contribution in [0.15, 0.2) is 47.1 Å². The van der Waals surface area contributed by atoms with Crippen LogP contribution in [0.25, 0.3) is 0 Å². The highest BCUT2D eigenvalue weighted by atomic mass is 16.6. The maximum absolute atomic E-state index is 12.5. The van der Waals surface area contributed by atoms with Crippen molar-refractivity contribution in [2.45, 2.75) is 65.8 Å². The Balaban J connectivity index is 2.55. The average molecular weight is 388 g/mol. The van der Waals surface area contributed by atoms with Crippen LogP contribution in [-0.2, 0) is 28.6 Å². The molecule has 0 amide bonds. The van der Waals surface area contributed by atoms with Gasteiger partial charge in [0.15, 0.2) is 12.2 Å². The first-order chi connectivity index (χ1) is 13.1. The summed E-state index contributed by atoms with van der Waals surface area (Å²) in [4.78, 5) is 36.6. The average Bonchev–Trinajstić information content (AvgIpc) is 2.89. The molecular weight excluding hydrogens is 360 g/mol. The lowest BCUT2D eigenvalue weighted by Gasteiger charge is -2.33. The minimum absolute atomic E-state index is 0.206. The van der Waals surface area contributed by atoms with E-state index in [1.165, 1.54) is 6.92 Å². The summed E-state index contributed by atoms with van der Waals surface area (Å²) in [6.07, 6.45) is 4.59. The summed E-state index contributed by atoms with van der Waals surface area (Å²) in [5.74, 6) is -2.22. The predicted octanol–water partition coefficient (Wildman–Crippen LogP) is 3.58. The van der Waals surface area contributed by atoms with Crippen LogP contribution in [0.2, 0.25) is 0 Å². The zero-order valence-electron chi connectivity index (χ0n) is 17.1. The number of allylic oxidation sites excluding steroid dienone is 3. The van der Waals surface area contributed by atoms with Gasteiger partial charge in [-0.3, -0.25) is 4.79 Å². The Labute approximate surface area is 165 Å². The molecule has 0 aromatic carbocycles. The summed E-state index contributed by atoms with van der Waals surface area (Å²) in [5.41, 5.74) is 2.46. The topological polar surface area (TPSA) is 78.9 Å². The predicted molar refractivity (Wildman–Crippen MR) is 104 cm³/mol. The molecule has 0 bridgehead atoms. The molecule has 0 N–H and O–H groups in total. The Morgan fingerprint density at radius 3 is 2.54 bits per heavy atom. The van der Waals surface area contributed by atoms with Crippen molar-refractivity contribution in [2.24, 2.45) is 5.92 Å². The lowest BCUT2D eigenvalue weighted by Crippen LogP contribution is -2.44. The highest BCUT2D eigenvalue weighted by Crippen LogP contribution is 2.37.